The maximum atomic E-state index is 12.3. The molecule has 1 heterocycles. The topological polar surface area (TPSA) is 47.8 Å². The molecule has 0 spiro atoms. The Morgan fingerprint density at radius 3 is 2.44 bits per heavy atom. The van der Waals surface area contributed by atoms with E-state index in [4.69, 9.17) is 0 Å². The SMILES string of the molecule is CC(C)C(C)C(=O)c1cnnn1-c1ccccc1. The Hall–Kier alpha value is -1.97. The zero-order valence-corrected chi connectivity index (χ0v) is 10.9. The van der Waals surface area contributed by atoms with Gasteiger partial charge in [0, 0.05) is 5.92 Å². The van der Waals surface area contributed by atoms with Gasteiger partial charge >= 0.3 is 0 Å². The van der Waals surface area contributed by atoms with Gasteiger partial charge in [0.15, 0.2) is 5.78 Å². The summed E-state index contributed by atoms with van der Waals surface area (Å²) in [6.45, 7) is 6.02. The lowest BCUT2D eigenvalue weighted by Gasteiger charge is -2.14. The minimum atomic E-state index is -0.0361. The highest BCUT2D eigenvalue weighted by molar-refractivity contribution is 5.96. The van der Waals surface area contributed by atoms with Crippen molar-refractivity contribution in [3.63, 3.8) is 0 Å². The van der Waals surface area contributed by atoms with Crippen LogP contribution in [0.3, 0.4) is 0 Å². The van der Waals surface area contributed by atoms with Gasteiger partial charge in [-0.2, -0.15) is 0 Å². The summed E-state index contributed by atoms with van der Waals surface area (Å²) < 4.78 is 1.60. The molecule has 0 fully saturated rings. The van der Waals surface area contributed by atoms with Crippen LogP contribution in [-0.4, -0.2) is 20.8 Å². The third-order valence-electron chi connectivity index (χ3n) is 3.22. The molecule has 0 amide bonds. The van der Waals surface area contributed by atoms with Gasteiger partial charge in [-0.25, -0.2) is 4.68 Å². The van der Waals surface area contributed by atoms with Crippen molar-refractivity contribution in [2.45, 2.75) is 20.8 Å². The molecule has 1 aromatic carbocycles. The predicted molar refractivity (Wildman–Crippen MR) is 69.7 cm³/mol. The van der Waals surface area contributed by atoms with Crippen LogP contribution in [0.2, 0.25) is 0 Å². The average molecular weight is 243 g/mol. The first kappa shape index (κ1) is 12.5. The van der Waals surface area contributed by atoms with E-state index < -0.39 is 0 Å². The molecule has 1 aromatic heterocycles. The van der Waals surface area contributed by atoms with Gasteiger partial charge in [-0.3, -0.25) is 4.79 Å². The molecule has 0 saturated carbocycles. The molecule has 0 aliphatic heterocycles. The molecule has 94 valence electrons. The Bertz CT molecular complexity index is 531. The van der Waals surface area contributed by atoms with Crippen LogP contribution >= 0.6 is 0 Å². The number of Topliss-reactive ketones (excluding diaryl/α,β-unsaturated/α-hetero) is 1. The molecular weight excluding hydrogens is 226 g/mol. The lowest BCUT2D eigenvalue weighted by atomic mass is 9.92. The van der Waals surface area contributed by atoms with Gasteiger partial charge in [-0.1, -0.05) is 44.2 Å². The fourth-order valence-corrected chi connectivity index (χ4v) is 1.70. The molecule has 0 bridgehead atoms. The Balaban J connectivity index is 2.37. The molecule has 0 N–H and O–H groups in total. The summed E-state index contributed by atoms with van der Waals surface area (Å²) in [6.07, 6.45) is 1.54. The van der Waals surface area contributed by atoms with Crippen molar-refractivity contribution in [2.75, 3.05) is 0 Å². The second-order valence-corrected chi connectivity index (χ2v) is 4.76. The van der Waals surface area contributed by atoms with Gasteiger partial charge in [0.2, 0.25) is 0 Å². The van der Waals surface area contributed by atoms with E-state index in [1.807, 2.05) is 51.1 Å². The van der Waals surface area contributed by atoms with E-state index in [1.165, 1.54) is 6.20 Å². The zero-order valence-electron chi connectivity index (χ0n) is 10.9. The quantitative estimate of drug-likeness (QED) is 0.776. The number of hydrogen-bond acceptors (Lipinski definition) is 3. The molecule has 0 saturated heterocycles. The molecule has 1 unspecified atom stereocenters. The van der Waals surface area contributed by atoms with Crippen molar-refractivity contribution in [3.8, 4) is 5.69 Å². The van der Waals surface area contributed by atoms with E-state index in [2.05, 4.69) is 10.3 Å². The van der Waals surface area contributed by atoms with Crippen molar-refractivity contribution >= 4 is 5.78 Å². The fourth-order valence-electron chi connectivity index (χ4n) is 1.70. The van der Waals surface area contributed by atoms with Crippen molar-refractivity contribution in [1.82, 2.24) is 15.0 Å². The number of rotatable bonds is 4. The van der Waals surface area contributed by atoms with Crippen molar-refractivity contribution in [1.29, 1.82) is 0 Å². The number of nitrogens with zero attached hydrogens (tertiary/aromatic N) is 3. The number of aromatic nitrogens is 3. The summed E-state index contributed by atoms with van der Waals surface area (Å²) in [4.78, 5) is 12.3. The first-order valence-electron chi connectivity index (χ1n) is 6.11. The van der Waals surface area contributed by atoms with E-state index in [9.17, 15) is 4.79 Å². The van der Waals surface area contributed by atoms with E-state index in [0.29, 0.717) is 11.6 Å². The molecule has 18 heavy (non-hydrogen) atoms. The summed E-state index contributed by atoms with van der Waals surface area (Å²) in [5, 5.41) is 7.85. The lowest BCUT2D eigenvalue weighted by Crippen LogP contribution is -2.20. The maximum absolute atomic E-state index is 12.3. The molecule has 1 atom stereocenters. The second-order valence-electron chi connectivity index (χ2n) is 4.76. The van der Waals surface area contributed by atoms with Crippen LogP contribution < -0.4 is 0 Å². The van der Waals surface area contributed by atoms with Crippen LogP contribution in [-0.2, 0) is 0 Å². The van der Waals surface area contributed by atoms with Crippen LogP contribution in [0, 0.1) is 11.8 Å². The smallest absolute Gasteiger partial charge is 0.186 e. The third-order valence-corrected chi connectivity index (χ3v) is 3.22. The average Bonchev–Trinajstić information content (AvgIpc) is 2.87. The number of hydrogen-bond donors (Lipinski definition) is 0. The Kier molecular flexibility index (Phi) is 3.55. The standard InChI is InChI=1S/C14H17N3O/c1-10(2)11(3)14(18)13-9-15-16-17(13)12-7-5-4-6-8-12/h4-11H,1-3H3. The van der Waals surface area contributed by atoms with Gasteiger partial charge in [0.1, 0.15) is 5.69 Å². The second kappa shape index (κ2) is 5.12. The largest absolute Gasteiger partial charge is 0.292 e. The van der Waals surface area contributed by atoms with E-state index in [-0.39, 0.29) is 11.7 Å². The van der Waals surface area contributed by atoms with Crippen molar-refractivity contribution in [3.05, 3.63) is 42.2 Å². The van der Waals surface area contributed by atoms with Crippen LogP contribution in [0.25, 0.3) is 5.69 Å². The highest BCUT2D eigenvalue weighted by Gasteiger charge is 2.22. The number of benzene rings is 1. The first-order chi connectivity index (χ1) is 8.61. The lowest BCUT2D eigenvalue weighted by molar-refractivity contribution is 0.0891. The van der Waals surface area contributed by atoms with Gasteiger partial charge in [-0.15, -0.1) is 5.10 Å². The molecule has 2 rings (SSSR count). The molecule has 2 aromatic rings. The Morgan fingerprint density at radius 2 is 1.83 bits per heavy atom. The highest BCUT2D eigenvalue weighted by Crippen LogP contribution is 2.18. The van der Waals surface area contributed by atoms with Crippen LogP contribution in [0.1, 0.15) is 31.3 Å². The van der Waals surface area contributed by atoms with Crippen molar-refractivity contribution < 1.29 is 4.79 Å². The van der Waals surface area contributed by atoms with Gasteiger partial charge in [-0.05, 0) is 18.1 Å². The number of carbonyl (C=O) groups excluding carboxylic acids is 1. The number of ketones is 1. The van der Waals surface area contributed by atoms with Crippen molar-refractivity contribution in [2.24, 2.45) is 11.8 Å². The number of para-hydroxylation sites is 1. The van der Waals surface area contributed by atoms with Gasteiger partial charge in [0.25, 0.3) is 0 Å². The summed E-state index contributed by atoms with van der Waals surface area (Å²) in [5.74, 6) is 0.349. The molecule has 4 nitrogen and oxygen atoms in total. The molecular formula is C14H17N3O. The van der Waals surface area contributed by atoms with E-state index >= 15 is 0 Å². The van der Waals surface area contributed by atoms with E-state index in [1.54, 1.807) is 4.68 Å². The van der Waals surface area contributed by atoms with Gasteiger partial charge in [0.05, 0.1) is 11.9 Å². The van der Waals surface area contributed by atoms with Crippen LogP contribution in [0.4, 0.5) is 0 Å². The number of carbonyl (C=O) groups is 1. The summed E-state index contributed by atoms with van der Waals surface area (Å²) in [5.41, 5.74) is 1.40. The highest BCUT2D eigenvalue weighted by atomic mass is 16.1. The fraction of sp³-hybridized carbons (Fsp3) is 0.357. The zero-order chi connectivity index (χ0) is 13.1. The molecule has 0 aliphatic rings. The van der Waals surface area contributed by atoms with E-state index in [0.717, 1.165) is 5.69 Å². The molecule has 4 heteroatoms. The summed E-state index contributed by atoms with van der Waals surface area (Å²) in [6, 6.07) is 9.57. The van der Waals surface area contributed by atoms with Crippen LogP contribution in [0.15, 0.2) is 36.5 Å². The molecule has 0 aliphatic carbocycles. The summed E-state index contributed by atoms with van der Waals surface area (Å²) in [7, 11) is 0. The monoisotopic (exact) mass is 243 g/mol. The predicted octanol–water partition coefficient (Wildman–Crippen LogP) is 2.74. The normalized spacial score (nSPS) is 12.7. The molecule has 0 radical (unpaired) electrons. The minimum absolute atomic E-state index is 0.0361. The van der Waals surface area contributed by atoms with Gasteiger partial charge < -0.3 is 0 Å². The maximum Gasteiger partial charge on any atom is 0.186 e. The minimum Gasteiger partial charge on any atom is -0.292 e. The Morgan fingerprint density at radius 1 is 1.17 bits per heavy atom. The summed E-state index contributed by atoms with van der Waals surface area (Å²) >= 11 is 0. The van der Waals surface area contributed by atoms with Crippen LogP contribution in [0.5, 0.6) is 0 Å². The first-order valence-corrected chi connectivity index (χ1v) is 6.11. The third kappa shape index (κ3) is 2.32. The Labute approximate surface area is 107 Å².